The Kier molecular flexibility index (Phi) is 3.05. The molecule has 0 spiro atoms. The van der Waals surface area contributed by atoms with Crippen molar-refractivity contribution in [1.82, 2.24) is 0 Å². The molecule has 1 heterocycles. The molecule has 0 fully saturated rings. The van der Waals surface area contributed by atoms with Crippen LogP contribution in [0.1, 0.15) is 0 Å². The van der Waals surface area contributed by atoms with Crippen molar-refractivity contribution >= 4 is 34.2 Å². The fourth-order valence-electron chi connectivity index (χ4n) is 1.99. The lowest BCUT2D eigenvalue weighted by Gasteiger charge is -2.06. The van der Waals surface area contributed by atoms with Crippen LogP contribution in [-0.2, 0) is 0 Å². The molecule has 0 radical (unpaired) electrons. The molecule has 94 valence electrons. The Morgan fingerprint density at radius 2 is 1.68 bits per heavy atom. The summed E-state index contributed by atoms with van der Waals surface area (Å²) in [6.45, 7) is 0. The monoisotopic (exact) mass is 290 g/mol. The van der Waals surface area contributed by atoms with Crippen molar-refractivity contribution in [3.63, 3.8) is 0 Å². The minimum atomic E-state index is -0.467. The van der Waals surface area contributed by atoms with E-state index >= 15 is 0 Å². The number of halogens is 2. The van der Waals surface area contributed by atoms with Crippen LogP contribution in [0.25, 0.3) is 22.1 Å². The van der Waals surface area contributed by atoms with Crippen molar-refractivity contribution in [3.8, 4) is 11.1 Å². The van der Waals surface area contributed by atoms with Crippen molar-refractivity contribution in [2.24, 2.45) is 0 Å². The first-order chi connectivity index (χ1) is 9.16. The summed E-state index contributed by atoms with van der Waals surface area (Å²) in [4.78, 5) is 12.1. The molecule has 2 aromatic carbocycles. The SMILES string of the molecule is O=c1oc2cc(Cl)ccc2c(Cl)c1-c1ccccc1. The van der Waals surface area contributed by atoms with Gasteiger partial charge in [-0.25, -0.2) is 4.79 Å². The van der Waals surface area contributed by atoms with E-state index in [1.807, 2.05) is 30.3 Å². The number of fused-ring (bicyclic) bond motifs is 1. The molecule has 4 heteroatoms. The summed E-state index contributed by atoms with van der Waals surface area (Å²) in [6, 6.07) is 14.2. The third-order valence-corrected chi connectivity index (χ3v) is 3.50. The molecule has 19 heavy (non-hydrogen) atoms. The predicted octanol–water partition coefficient (Wildman–Crippen LogP) is 4.77. The van der Waals surface area contributed by atoms with E-state index in [-0.39, 0.29) is 0 Å². The number of benzene rings is 2. The molecule has 0 N–H and O–H groups in total. The van der Waals surface area contributed by atoms with Crippen LogP contribution in [0.5, 0.6) is 0 Å². The van der Waals surface area contributed by atoms with Crippen LogP contribution in [0.4, 0.5) is 0 Å². The van der Waals surface area contributed by atoms with Crippen molar-refractivity contribution in [1.29, 1.82) is 0 Å². The van der Waals surface area contributed by atoms with Crippen LogP contribution < -0.4 is 5.63 Å². The van der Waals surface area contributed by atoms with Gasteiger partial charge < -0.3 is 4.42 Å². The van der Waals surface area contributed by atoms with Crippen LogP contribution in [0.3, 0.4) is 0 Å². The van der Waals surface area contributed by atoms with Gasteiger partial charge in [-0.2, -0.15) is 0 Å². The lowest BCUT2D eigenvalue weighted by molar-refractivity contribution is 0.563. The Morgan fingerprint density at radius 1 is 0.947 bits per heavy atom. The number of rotatable bonds is 1. The largest absolute Gasteiger partial charge is 0.422 e. The minimum absolute atomic E-state index is 0.372. The van der Waals surface area contributed by atoms with Gasteiger partial charge in [0.2, 0.25) is 0 Å². The van der Waals surface area contributed by atoms with E-state index < -0.39 is 5.63 Å². The van der Waals surface area contributed by atoms with Gasteiger partial charge >= 0.3 is 5.63 Å². The Labute approximate surface area is 119 Å². The van der Waals surface area contributed by atoms with Crippen molar-refractivity contribution in [2.75, 3.05) is 0 Å². The quantitative estimate of drug-likeness (QED) is 0.605. The Hall–Kier alpha value is -1.77. The Morgan fingerprint density at radius 3 is 2.42 bits per heavy atom. The Balaban J connectivity index is 2.39. The Bertz CT molecular complexity index is 807. The summed E-state index contributed by atoms with van der Waals surface area (Å²) in [7, 11) is 0. The molecule has 0 bridgehead atoms. The summed E-state index contributed by atoms with van der Waals surface area (Å²) in [5, 5.41) is 1.55. The topological polar surface area (TPSA) is 30.2 Å². The maximum atomic E-state index is 12.1. The highest BCUT2D eigenvalue weighted by molar-refractivity contribution is 6.38. The summed E-state index contributed by atoms with van der Waals surface area (Å²) in [5.41, 5.74) is 1.03. The molecule has 0 saturated carbocycles. The molecular weight excluding hydrogens is 283 g/mol. The highest BCUT2D eigenvalue weighted by Gasteiger charge is 2.14. The first kappa shape index (κ1) is 12.3. The van der Waals surface area contributed by atoms with Gasteiger partial charge in [-0.05, 0) is 17.7 Å². The van der Waals surface area contributed by atoms with Crippen LogP contribution >= 0.6 is 23.2 Å². The zero-order valence-corrected chi connectivity index (χ0v) is 11.2. The summed E-state index contributed by atoms with van der Waals surface area (Å²) < 4.78 is 5.28. The second-order valence-corrected chi connectivity index (χ2v) is 4.90. The van der Waals surface area contributed by atoms with Crippen molar-refractivity contribution in [2.45, 2.75) is 0 Å². The van der Waals surface area contributed by atoms with E-state index in [9.17, 15) is 4.79 Å². The molecule has 0 amide bonds. The molecule has 2 nitrogen and oxygen atoms in total. The van der Waals surface area contributed by atoms with Gasteiger partial charge in [0.1, 0.15) is 5.58 Å². The lowest BCUT2D eigenvalue weighted by atomic mass is 10.1. The van der Waals surface area contributed by atoms with Gasteiger partial charge in [0, 0.05) is 16.5 Å². The van der Waals surface area contributed by atoms with Gasteiger partial charge in [0.25, 0.3) is 0 Å². The fourth-order valence-corrected chi connectivity index (χ4v) is 2.49. The second kappa shape index (κ2) is 4.72. The predicted molar refractivity (Wildman–Crippen MR) is 77.9 cm³/mol. The standard InChI is InChI=1S/C15H8Cl2O2/c16-10-6-7-11-12(8-10)19-15(18)13(14(11)17)9-4-2-1-3-5-9/h1-8H. The molecule has 0 aliphatic heterocycles. The van der Waals surface area contributed by atoms with Crippen LogP contribution in [0, 0.1) is 0 Å². The molecule has 0 aliphatic rings. The fraction of sp³-hybridized carbons (Fsp3) is 0. The lowest BCUT2D eigenvalue weighted by Crippen LogP contribution is -2.04. The van der Waals surface area contributed by atoms with Gasteiger partial charge in [-0.1, -0.05) is 53.5 Å². The first-order valence-electron chi connectivity index (χ1n) is 5.64. The molecule has 1 aromatic heterocycles. The third-order valence-electron chi connectivity index (χ3n) is 2.87. The zero-order valence-electron chi connectivity index (χ0n) is 9.69. The molecule has 0 saturated heterocycles. The van der Waals surface area contributed by atoms with Gasteiger partial charge in [-0.15, -0.1) is 0 Å². The molecule has 0 atom stereocenters. The van der Waals surface area contributed by atoms with E-state index in [2.05, 4.69) is 0 Å². The molecule has 0 aliphatic carbocycles. The molecule has 3 rings (SSSR count). The minimum Gasteiger partial charge on any atom is -0.422 e. The number of hydrogen-bond acceptors (Lipinski definition) is 2. The van der Waals surface area contributed by atoms with E-state index in [0.29, 0.717) is 26.6 Å². The highest BCUT2D eigenvalue weighted by atomic mass is 35.5. The van der Waals surface area contributed by atoms with Gasteiger partial charge in [-0.3, -0.25) is 0 Å². The van der Waals surface area contributed by atoms with Gasteiger partial charge in [0.05, 0.1) is 10.6 Å². The first-order valence-corrected chi connectivity index (χ1v) is 6.39. The van der Waals surface area contributed by atoms with Crippen molar-refractivity contribution < 1.29 is 4.42 Å². The van der Waals surface area contributed by atoms with E-state index in [4.69, 9.17) is 27.6 Å². The van der Waals surface area contributed by atoms with E-state index in [1.54, 1.807) is 18.2 Å². The van der Waals surface area contributed by atoms with Gasteiger partial charge in [0.15, 0.2) is 0 Å². The zero-order chi connectivity index (χ0) is 13.4. The van der Waals surface area contributed by atoms with Crippen LogP contribution in [-0.4, -0.2) is 0 Å². The number of hydrogen-bond donors (Lipinski definition) is 0. The maximum Gasteiger partial charge on any atom is 0.345 e. The van der Waals surface area contributed by atoms with Crippen LogP contribution in [0.2, 0.25) is 10.0 Å². The maximum absolute atomic E-state index is 12.1. The smallest absolute Gasteiger partial charge is 0.345 e. The van der Waals surface area contributed by atoms with E-state index in [0.717, 1.165) is 5.56 Å². The highest BCUT2D eigenvalue weighted by Crippen LogP contribution is 2.32. The summed E-state index contributed by atoms with van der Waals surface area (Å²) in [5.74, 6) is 0. The third kappa shape index (κ3) is 2.14. The molecule has 3 aromatic rings. The average molecular weight is 291 g/mol. The average Bonchev–Trinajstić information content (AvgIpc) is 2.39. The molecule has 0 unspecified atom stereocenters. The second-order valence-electron chi connectivity index (χ2n) is 4.09. The summed E-state index contributed by atoms with van der Waals surface area (Å²) in [6.07, 6.45) is 0. The van der Waals surface area contributed by atoms with Crippen LogP contribution in [0.15, 0.2) is 57.7 Å². The normalized spacial score (nSPS) is 10.8. The van der Waals surface area contributed by atoms with Crippen molar-refractivity contribution in [3.05, 3.63) is 69.0 Å². The molecular formula is C15H8Cl2O2. The van der Waals surface area contributed by atoms with E-state index in [1.165, 1.54) is 0 Å². The summed E-state index contributed by atoms with van der Waals surface area (Å²) >= 11 is 12.2.